The van der Waals surface area contributed by atoms with Gasteiger partial charge in [-0.05, 0) is 38.2 Å². The monoisotopic (exact) mass is 391 g/mol. The molecule has 29 heavy (non-hydrogen) atoms. The van der Waals surface area contributed by atoms with Crippen molar-refractivity contribution < 1.29 is 9.53 Å². The quantitative estimate of drug-likeness (QED) is 0.534. The minimum Gasteiger partial charge on any atom is -0.476 e. The van der Waals surface area contributed by atoms with E-state index in [0.717, 1.165) is 36.2 Å². The second kappa shape index (κ2) is 10.0. The molecule has 1 amide bonds. The van der Waals surface area contributed by atoms with Crippen LogP contribution in [0.15, 0.2) is 60.7 Å². The molecule has 5 heteroatoms. The highest BCUT2D eigenvalue weighted by Gasteiger charge is 2.20. The minimum atomic E-state index is -0.0501. The molecule has 0 saturated heterocycles. The smallest absolute Gasteiger partial charge is 0.259 e. The summed E-state index contributed by atoms with van der Waals surface area (Å²) in [7, 11) is 0. The van der Waals surface area contributed by atoms with E-state index in [9.17, 15) is 4.79 Å². The molecule has 0 radical (unpaired) electrons. The van der Waals surface area contributed by atoms with Crippen LogP contribution in [-0.4, -0.2) is 48.6 Å². The van der Waals surface area contributed by atoms with Gasteiger partial charge in [-0.25, -0.2) is 4.98 Å². The van der Waals surface area contributed by atoms with Gasteiger partial charge in [-0.15, -0.1) is 0 Å². The number of hydrogen-bond donors (Lipinski definition) is 0. The van der Waals surface area contributed by atoms with Crippen molar-refractivity contribution in [3.05, 3.63) is 66.2 Å². The van der Waals surface area contributed by atoms with Crippen LogP contribution in [0.2, 0.25) is 0 Å². The average Bonchev–Trinajstić information content (AvgIpc) is 2.77. The van der Waals surface area contributed by atoms with E-state index in [0.29, 0.717) is 24.6 Å². The van der Waals surface area contributed by atoms with Crippen molar-refractivity contribution in [1.82, 2.24) is 9.88 Å². The van der Waals surface area contributed by atoms with E-state index in [4.69, 9.17) is 4.74 Å². The van der Waals surface area contributed by atoms with Gasteiger partial charge in [0.05, 0.1) is 11.1 Å². The fourth-order valence-electron chi connectivity index (χ4n) is 3.42. The number of ether oxygens (including phenoxy) is 1. The van der Waals surface area contributed by atoms with Gasteiger partial charge in [0.15, 0.2) is 0 Å². The number of fused-ring (bicyclic) bond motifs is 1. The second-order valence-corrected chi connectivity index (χ2v) is 6.79. The molecule has 2 aromatic carbocycles. The number of carbonyl (C=O) groups is 1. The van der Waals surface area contributed by atoms with Crippen molar-refractivity contribution in [2.75, 3.05) is 37.7 Å². The molecule has 0 spiro atoms. The van der Waals surface area contributed by atoms with Crippen molar-refractivity contribution in [2.45, 2.75) is 20.8 Å². The molecule has 3 aromatic rings. The molecule has 0 bridgehead atoms. The van der Waals surface area contributed by atoms with Gasteiger partial charge in [0, 0.05) is 30.2 Å². The summed E-state index contributed by atoms with van der Waals surface area (Å²) in [4.78, 5) is 22.1. The van der Waals surface area contributed by atoms with Crippen molar-refractivity contribution in [2.24, 2.45) is 0 Å². The van der Waals surface area contributed by atoms with Gasteiger partial charge in [-0.2, -0.15) is 0 Å². The topological polar surface area (TPSA) is 45.7 Å². The van der Waals surface area contributed by atoms with Crippen LogP contribution in [0.5, 0.6) is 5.88 Å². The van der Waals surface area contributed by atoms with Gasteiger partial charge >= 0.3 is 0 Å². The lowest BCUT2D eigenvalue weighted by Gasteiger charge is -2.22. The first-order chi connectivity index (χ1) is 14.2. The summed E-state index contributed by atoms with van der Waals surface area (Å²) in [5.74, 6) is 0.439. The Bertz CT molecular complexity index is 939. The number of pyridine rings is 1. The van der Waals surface area contributed by atoms with Crippen LogP contribution in [0.1, 0.15) is 31.1 Å². The van der Waals surface area contributed by atoms with Crippen LogP contribution in [-0.2, 0) is 0 Å². The van der Waals surface area contributed by atoms with Gasteiger partial charge in [0.1, 0.15) is 6.61 Å². The normalized spacial score (nSPS) is 11.0. The predicted octanol–water partition coefficient (Wildman–Crippen LogP) is 4.62. The number of likely N-dealkylation sites (N-methyl/N-ethyl adjacent to an activating group) is 1. The highest BCUT2D eigenvalue weighted by molar-refractivity contribution is 6.13. The van der Waals surface area contributed by atoms with E-state index < -0.39 is 0 Å². The Morgan fingerprint density at radius 3 is 2.31 bits per heavy atom. The first kappa shape index (κ1) is 20.8. The van der Waals surface area contributed by atoms with Crippen molar-refractivity contribution in [3.63, 3.8) is 0 Å². The highest BCUT2D eigenvalue weighted by Crippen LogP contribution is 2.25. The Labute approximate surface area is 172 Å². The van der Waals surface area contributed by atoms with Gasteiger partial charge in [-0.1, -0.05) is 50.2 Å². The summed E-state index contributed by atoms with van der Waals surface area (Å²) in [6.07, 6.45) is 0. The molecule has 1 aromatic heterocycles. The summed E-state index contributed by atoms with van der Waals surface area (Å²) in [6, 6.07) is 19.2. The van der Waals surface area contributed by atoms with E-state index >= 15 is 0 Å². The van der Waals surface area contributed by atoms with Crippen molar-refractivity contribution in [3.8, 4) is 5.88 Å². The molecule has 0 aliphatic carbocycles. The molecular formula is C24H29N3O2. The Balaban J connectivity index is 1.92. The minimum absolute atomic E-state index is 0.0501. The summed E-state index contributed by atoms with van der Waals surface area (Å²) < 4.78 is 5.93. The number of hydrogen-bond acceptors (Lipinski definition) is 4. The maximum Gasteiger partial charge on any atom is 0.259 e. The van der Waals surface area contributed by atoms with Crippen molar-refractivity contribution in [1.29, 1.82) is 0 Å². The molecule has 0 fully saturated rings. The van der Waals surface area contributed by atoms with Crippen LogP contribution >= 0.6 is 0 Å². The molecule has 1 heterocycles. The zero-order valence-corrected chi connectivity index (χ0v) is 17.5. The zero-order valence-electron chi connectivity index (χ0n) is 17.5. The SMILES string of the molecule is CCN(CC)CCOc1cc(C(=O)N(CC)c2ccccc2)c2ccccc2n1. The van der Waals surface area contributed by atoms with Gasteiger partial charge in [0.25, 0.3) is 5.91 Å². The third-order valence-electron chi connectivity index (χ3n) is 5.10. The molecule has 0 unspecified atom stereocenters. The molecule has 0 N–H and O–H groups in total. The summed E-state index contributed by atoms with van der Waals surface area (Å²) in [5, 5.41) is 0.836. The third kappa shape index (κ3) is 4.93. The largest absolute Gasteiger partial charge is 0.476 e. The van der Waals surface area contributed by atoms with Crippen molar-refractivity contribution >= 4 is 22.5 Å². The second-order valence-electron chi connectivity index (χ2n) is 6.79. The molecule has 0 aliphatic rings. The standard InChI is InChI=1S/C24H29N3O2/c1-4-26(5-2)16-17-29-23-18-21(20-14-10-11-15-22(20)25-23)24(28)27(6-3)19-12-8-7-9-13-19/h7-15,18H,4-6,16-17H2,1-3H3. The van der Waals surface area contributed by atoms with E-state index in [1.807, 2.05) is 61.5 Å². The molecule has 152 valence electrons. The number of rotatable bonds is 9. The molecule has 0 saturated carbocycles. The highest BCUT2D eigenvalue weighted by atomic mass is 16.5. The van der Waals surface area contributed by atoms with Crippen LogP contribution in [0.25, 0.3) is 10.9 Å². The Morgan fingerprint density at radius 1 is 0.931 bits per heavy atom. The molecule has 0 aliphatic heterocycles. The summed E-state index contributed by atoms with van der Waals surface area (Å²) in [6.45, 7) is 10.2. The maximum atomic E-state index is 13.5. The molecule has 5 nitrogen and oxygen atoms in total. The zero-order chi connectivity index (χ0) is 20.6. The van der Waals surface area contributed by atoms with Gasteiger partial charge < -0.3 is 14.5 Å². The lowest BCUT2D eigenvalue weighted by atomic mass is 10.1. The molecular weight excluding hydrogens is 362 g/mol. The number of nitrogens with zero attached hydrogens (tertiary/aromatic N) is 3. The van der Waals surface area contributed by atoms with Gasteiger partial charge in [0.2, 0.25) is 5.88 Å². The summed E-state index contributed by atoms with van der Waals surface area (Å²) >= 11 is 0. The van der Waals surface area contributed by atoms with Gasteiger partial charge in [-0.3, -0.25) is 4.79 Å². The number of carbonyl (C=O) groups excluding carboxylic acids is 1. The number of anilines is 1. The fourth-order valence-corrected chi connectivity index (χ4v) is 3.42. The van der Waals surface area contributed by atoms with E-state index in [2.05, 4.69) is 23.7 Å². The Hall–Kier alpha value is -2.92. The fraction of sp³-hybridized carbons (Fsp3) is 0.333. The lowest BCUT2D eigenvalue weighted by Crippen LogP contribution is -2.31. The first-order valence-corrected chi connectivity index (χ1v) is 10.3. The molecule has 0 atom stereocenters. The number of aromatic nitrogens is 1. The summed E-state index contributed by atoms with van der Waals surface area (Å²) in [5.41, 5.74) is 2.25. The van der Waals surface area contributed by atoms with Crippen LogP contribution < -0.4 is 9.64 Å². The van der Waals surface area contributed by atoms with E-state index in [1.165, 1.54) is 0 Å². The number of benzene rings is 2. The Morgan fingerprint density at radius 2 is 1.62 bits per heavy atom. The average molecular weight is 392 g/mol. The van der Waals surface area contributed by atoms with Crippen LogP contribution in [0.4, 0.5) is 5.69 Å². The number of amides is 1. The lowest BCUT2D eigenvalue weighted by molar-refractivity contribution is 0.0989. The first-order valence-electron chi connectivity index (χ1n) is 10.3. The van der Waals surface area contributed by atoms with E-state index in [-0.39, 0.29) is 5.91 Å². The third-order valence-corrected chi connectivity index (χ3v) is 5.10. The van der Waals surface area contributed by atoms with Crippen LogP contribution in [0.3, 0.4) is 0 Å². The maximum absolute atomic E-state index is 13.5. The Kier molecular flexibility index (Phi) is 7.19. The predicted molar refractivity (Wildman–Crippen MR) is 119 cm³/mol. The van der Waals surface area contributed by atoms with Crippen LogP contribution in [0, 0.1) is 0 Å². The van der Waals surface area contributed by atoms with E-state index in [1.54, 1.807) is 11.0 Å². The molecule has 3 rings (SSSR count). The number of para-hydroxylation sites is 2.